The molecular formula is C40H28N2. The van der Waals surface area contributed by atoms with Gasteiger partial charge in [0.05, 0.1) is 23.3 Å². The van der Waals surface area contributed by atoms with Crippen molar-refractivity contribution in [2.45, 2.75) is 39.5 Å². The first kappa shape index (κ1) is 26.7. The molecule has 2 heteroatoms. The van der Waals surface area contributed by atoms with Crippen LogP contribution >= 0.6 is 0 Å². The molecular weight excluding hydrogens is 508 g/mol. The highest BCUT2D eigenvalue weighted by atomic mass is 14.2. The third-order valence-corrected chi connectivity index (χ3v) is 7.92. The zero-order chi connectivity index (χ0) is 29.4. The van der Waals surface area contributed by atoms with E-state index in [4.69, 9.17) is 10.5 Å². The Balaban J connectivity index is 1.64. The number of rotatable bonds is 2. The van der Waals surface area contributed by atoms with Crippen LogP contribution in [0.4, 0.5) is 0 Å². The van der Waals surface area contributed by atoms with Crippen LogP contribution in [0.5, 0.6) is 0 Å². The fourth-order valence-corrected chi connectivity index (χ4v) is 5.74. The fourth-order valence-electron chi connectivity index (χ4n) is 5.74. The molecule has 0 heterocycles. The number of benzene rings is 6. The summed E-state index contributed by atoms with van der Waals surface area (Å²) >= 11 is 0. The van der Waals surface area contributed by atoms with E-state index in [2.05, 4.69) is 99.9 Å². The predicted octanol–water partition coefficient (Wildman–Crippen LogP) is 9.37. The molecule has 0 bridgehead atoms. The summed E-state index contributed by atoms with van der Waals surface area (Å²) in [4.78, 5) is 0. The summed E-state index contributed by atoms with van der Waals surface area (Å²) in [5, 5.41) is 25.6. The Kier molecular flexibility index (Phi) is 6.85. The molecule has 0 fully saturated rings. The molecule has 0 aromatic heterocycles. The number of hydrogen-bond acceptors (Lipinski definition) is 2. The Morgan fingerprint density at radius 2 is 0.762 bits per heavy atom. The zero-order valence-corrected chi connectivity index (χ0v) is 24.1. The topological polar surface area (TPSA) is 47.6 Å². The number of hydrogen-bond donors (Lipinski definition) is 0. The van der Waals surface area contributed by atoms with Crippen molar-refractivity contribution in [3.8, 4) is 35.8 Å². The average molecular weight is 537 g/mol. The Hall–Kier alpha value is -5.54. The van der Waals surface area contributed by atoms with E-state index in [1.807, 2.05) is 48.5 Å². The highest BCUT2D eigenvalue weighted by molar-refractivity contribution is 6.26. The molecule has 198 valence electrons. The van der Waals surface area contributed by atoms with Crippen molar-refractivity contribution in [1.82, 2.24) is 0 Å². The third kappa shape index (κ3) is 4.71. The van der Waals surface area contributed by atoms with E-state index in [1.165, 1.54) is 32.7 Å². The summed E-state index contributed by atoms with van der Waals surface area (Å²) < 4.78 is 0. The second-order valence-corrected chi connectivity index (χ2v) is 11.3. The van der Waals surface area contributed by atoms with Crippen molar-refractivity contribution in [2.75, 3.05) is 0 Å². The van der Waals surface area contributed by atoms with Crippen LogP contribution in [0.2, 0.25) is 0 Å². The van der Waals surface area contributed by atoms with E-state index in [-0.39, 0.29) is 0 Å². The standard InChI is InChI=1S/C40H28N2/c1-25(2)37-21-31(15-13-27-5-9-29(23-41)10-6-27)33-18-20-36-38(26(3)4)22-32(34-17-19-35(37)39(33)40(34)36)16-14-28-7-11-30(24-42)12-8-28/h5-12,17-22,25-26H,1-4H3. The van der Waals surface area contributed by atoms with Crippen molar-refractivity contribution in [1.29, 1.82) is 10.5 Å². The van der Waals surface area contributed by atoms with Gasteiger partial charge in [0.2, 0.25) is 0 Å². The smallest absolute Gasteiger partial charge is 0.0991 e. The summed E-state index contributed by atoms with van der Waals surface area (Å²) in [5.74, 6) is 14.3. The maximum Gasteiger partial charge on any atom is 0.0991 e. The molecule has 42 heavy (non-hydrogen) atoms. The molecule has 0 N–H and O–H groups in total. The molecule has 0 aliphatic carbocycles. The van der Waals surface area contributed by atoms with Gasteiger partial charge in [0.15, 0.2) is 0 Å². The Morgan fingerprint density at radius 3 is 1.10 bits per heavy atom. The van der Waals surface area contributed by atoms with Gasteiger partial charge < -0.3 is 0 Å². The molecule has 0 saturated carbocycles. The van der Waals surface area contributed by atoms with Gasteiger partial charge >= 0.3 is 0 Å². The fraction of sp³-hybridized carbons (Fsp3) is 0.150. The van der Waals surface area contributed by atoms with Crippen molar-refractivity contribution in [2.24, 2.45) is 0 Å². The largest absolute Gasteiger partial charge is 0.192 e. The van der Waals surface area contributed by atoms with E-state index in [0.29, 0.717) is 23.0 Å². The molecule has 0 saturated heterocycles. The van der Waals surface area contributed by atoms with Crippen LogP contribution in [0.3, 0.4) is 0 Å². The van der Waals surface area contributed by atoms with Gasteiger partial charge in [0.25, 0.3) is 0 Å². The zero-order valence-electron chi connectivity index (χ0n) is 24.1. The first-order valence-corrected chi connectivity index (χ1v) is 14.2. The lowest BCUT2D eigenvalue weighted by Gasteiger charge is -2.20. The summed E-state index contributed by atoms with van der Waals surface area (Å²) in [6.45, 7) is 8.94. The maximum absolute atomic E-state index is 9.15. The molecule has 6 rings (SSSR count). The van der Waals surface area contributed by atoms with Crippen LogP contribution in [0.15, 0.2) is 84.9 Å². The minimum Gasteiger partial charge on any atom is -0.192 e. The molecule has 6 aromatic rings. The van der Waals surface area contributed by atoms with Gasteiger partial charge in [-0.15, -0.1) is 0 Å². The summed E-state index contributed by atoms with van der Waals surface area (Å²) in [6, 6.07) is 32.6. The first-order valence-electron chi connectivity index (χ1n) is 14.2. The summed E-state index contributed by atoms with van der Waals surface area (Å²) in [7, 11) is 0. The number of nitriles is 2. The Morgan fingerprint density at radius 1 is 0.429 bits per heavy atom. The van der Waals surface area contributed by atoms with E-state index in [0.717, 1.165) is 33.0 Å². The van der Waals surface area contributed by atoms with Crippen LogP contribution in [-0.4, -0.2) is 0 Å². The van der Waals surface area contributed by atoms with Crippen LogP contribution in [0.1, 0.15) is 84.0 Å². The lowest BCUT2D eigenvalue weighted by Crippen LogP contribution is -1.99. The minimum atomic E-state index is 0.324. The highest BCUT2D eigenvalue weighted by Crippen LogP contribution is 2.43. The molecule has 2 nitrogen and oxygen atoms in total. The average Bonchev–Trinajstić information content (AvgIpc) is 3.02. The quantitative estimate of drug-likeness (QED) is 0.163. The molecule has 0 aliphatic heterocycles. The highest BCUT2D eigenvalue weighted by Gasteiger charge is 2.19. The van der Waals surface area contributed by atoms with Gasteiger partial charge in [0, 0.05) is 22.3 Å². The van der Waals surface area contributed by atoms with Crippen molar-refractivity contribution in [3.05, 3.63) is 129 Å². The van der Waals surface area contributed by atoms with Gasteiger partial charge in [0.1, 0.15) is 0 Å². The van der Waals surface area contributed by atoms with Crippen LogP contribution < -0.4 is 0 Å². The van der Waals surface area contributed by atoms with Crippen LogP contribution in [-0.2, 0) is 0 Å². The lowest BCUT2D eigenvalue weighted by molar-refractivity contribution is 0.875. The predicted molar refractivity (Wildman–Crippen MR) is 173 cm³/mol. The molecule has 0 spiro atoms. The monoisotopic (exact) mass is 536 g/mol. The summed E-state index contributed by atoms with van der Waals surface area (Å²) in [6.07, 6.45) is 0. The van der Waals surface area contributed by atoms with Crippen LogP contribution in [0.25, 0.3) is 32.3 Å². The molecule has 0 radical (unpaired) electrons. The van der Waals surface area contributed by atoms with E-state index >= 15 is 0 Å². The van der Waals surface area contributed by atoms with E-state index in [1.54, 1.807) is 0 Å². The van der Waals surface area contributed by atoms with Gasteiger partial charge in [-0.3, -0.25) is 0 Å². The van der Waals surface area contributed by atoms with Gasteiger partial charge in [-0.2, -0.15) is 10.5 Å². The third-order valence-electron chi connectivity index (χ3n) is 7.92. The molecule has 0 unspecified atom stereocenters. The van der Waals surface area contributed by atoms with Crippen LogP contribution in [0, 0.1) is 46.3 Å². The Labute approximate surface area is 247 Å². The molecule has 0 atom stereocenters. The van der Waals surface area contributed by atoms with E-state index < -0.39 is 0 Å². The lowest BCUT2D eigenvalue weighted by atomic mass is 9.83. The summed E-state index contributed by atoms with van der Waals surface area (Å²) in [5.41, 5.74) is 7.59. The molecule has 6 aromatic carbocycles. The van der Waals surface area contributed by atoms with Gasteiger partial charge in [-0.25, -0.2) is 0 Å². The van der Waals surface area contributed by atoms with Gasteiger partial charge in [-0.1, -0.05) is 75.6 Å². The SMILES string of the molecule is CC(C)c1cc(C#Cc2ccc(C#N)cc2)c2ccc3c(C(C)C)cc(C#Cc4ccc(C#N)cc4)c4ccc1c2c43. The second kappa shape index (κ2) is 10.8. The minimum absolute atomic E-state index is 0.324. The second-order valence-electron chi connectivity index (χ2n) is 11.3. The first-order chi connectivity index (χ1) is 20.4. The van der Waals surface area contributed by atoms with Crippen molar-refractivity contribution in [3.63, 3.8) is 0 Å². The van der Waals surface area contributed by atoms with E-state index in [9.17, 15) is 0 Å². The number of nitrogens with zero attached hydrogens (tertiary/aromatic N) is 2. The molecule has 0 aliphatic rings. The normalized spacial score (nSPS) is 10.9. The molecule has 0 amide bonds. The van der Waals surface area contributed by atoms with Crippen molar-refractivity contribution < 1.29 is 0 Å². The van der Waals surface area contributed by atoms with Crippen molar-refractivity contribution >= 4 is 32.3 Å². The maximum atomic E-state index is 9.15. The van der Waals surface area contributed by atoms with Gasteiger partial charge in [-0.05, 0) is 116 Å². The Bertz CT molecular complexity index is 2030.